The van der Waals surface area contributed by atoms with Crippen LogP contribution in [0.3, 0.4) is 0 Å². The van der Waals surface area contributed by atoms with Gasteiger partial charge < -0.3 is 19.2 Å². The van der Waals surface area contributed by atoms with Gasteiger partial charge in [-0.15, -0.1) is 0 Å². The van der Waals surface area contributed by atoms with Gasteiger partial charge >= 0.3 is 0 Å². The highest BCUT2D eigenvalue weighted by Crippen LogP contribution is 2.23. The van der Waals surface area contributed by atoms with Crippen LogP contribution in [0.2, 0.25) is 0 Å². The molecule has 0 radical (unpaired) electrons. The Hall–Kier alpha value is -1.63. The first-order chi connectivity index (χ1) is 11.3. The summed E-state index contributed by atoms with van der Waals surface area (Å²) in [6.45, 7) is 5.99. The van der Waals surface area contributed by atoms with E-state index in [1.165, 1.54) is 0 Å². The van der Waals surface area contributed by atoms with E-state index in [0.29, 0.717) is 6.10 Å². The van der Waals surface area contributed by atoms with Gasteiger partial charge in [0, 0.05) is 25.3 Å². The Morgan fingerprint density at radius 3 is 3.17 bits per heavy atom. The molecule has 0 aromatic carbocycles. The van der Waals surface area contributed by atoms with E-state index in [9.17, 15) is 0 Å². The fourth-order valence-electron chi connectivity index (χ4n) is 2.74. The maximum absolute atomic E-state index is 5.65. The molecule has 2 N–H and O–H groups in total. The first-order valence-electron chi connectivity index (χ1n) is 8.32. The second kappa shape index (κ2) is 8.29. The van der Waals surface area contributed by atoms with Crippen molar-refractivity contribution in [3.05, 3.63) is 29.7 Å². The summed E-state index contributed by atoms with van der Waals surface area (Å²) in [5.41, 5.74) is 2.06. The molecule has 0 bridgehead atoms. The molecular formula is C17H25N3O3. The van der Waals surface area contributed by atoms with E-state index in [4.69, 9.17) is 13.9 Å². The van der Waals surface area contributed by atoms with E-state index >= 15 is 0 Å². The Bertz CT molecular complexity index is 587. The molecule has 0 saturated carbocycles. The first kappa shape index (κ1) is 16.2. The zero-order chi connectivity index (χ0) is 15.9. The molecule has 0 aliphatic carbocycles. The van der Waals surface area contributed by atoms with Gasteiger partial charge in [-0.05, 0) is 44.9 Å². The molecule has 0 amide bonds. The molecule has 2 aromatic heterocycles. The molecule has 1 aliphatic heterocycles. The predicted octanol–water partition coefficient (Wildman–Crippen LogP) is 2.65. The number of rotatable bonds is 9. The Balaban J connectivity index is 1.32. The van der Waals surface area contributed by atoms with Crippen molar-refractivity contribution in [2.45, 2.75) is 38.8 Å². The van der Waals surface area contributed by atoms with Crippen molar-refractivity contribution in [1.82, 2.24) is 15.5 Å². The van der Waals surface area contributed by atoms with Gasteiger partial charge in [-0.3, -0.25) is 5.10 Å². The number of ether oxygens (including phenoxy) is 2. The highest BCUT2D eigenvalue weighted by molar-refractivity contribution is 5.56. The van der Waals surface area contributed by atoms with Gasteiger partial charge in [-0.1, -0.05) is 0 Å². The van der Waals surface area contributed by atoms with Gasteiger partial charge in [-0.25, -0.2) is 0 Å². The number of hydrogen-bond acceptors (Lipinski definition) is 5. The second-order valence-corrected chi connectivity index (χ2v) is 5.92. The molecular weight excluding hydrogens is 294 g/mol. The van der Waals surface area contributed by atoms with Crippen LogP contribution in [-0.2, 0) is 16.0 Å². The highest BCUT2D eigenvalue weighted by atomic mass is 16.5. The van der Waals surface area contributed by atoms with Gasteiger partial charge in [0.1, 0.15) is 11.5 Å². The molecule has 6 heteroatoms. The minimum atomic E-state index is 0.313. The number of nitrogens with one attached hydrogen (secondary N) is 2. The normalized spacial score (nSPS) is 17.9. The molecule has 3 heterocycles. The van der Waals surface area contributed by atoms with E-state index in [2.05, 4.69) is 15.5 Å². The van der Waals surface area contributed by atoms with Crippen molar-refractivity contribution in [2.75, 3.05) is 26.4 Å². The largest absolute Gasteiger partial charge is 0.460 e. The summed E-state index contributed by atoms with van der Waals surface area (Å²) in [5, 5.41) is 10.5. The summed E-state index contributed by atoms with van der Waals surface area (Å²) in [4.78, 5) is 0. The molecule has 1 unspecified atom stereocenters. The Kier molecular flexibility index (Phi) is 5.85. The van der Waals surface area contributed by atoms with Gasteiger partial charge in [0.05, 0.1) is 18.9 Å². The van der Waals surface area contributed by atoms with Gasteiger partial charge in [-0.2, -0.15) is 5.10 Å². The van der Waals surface area contributed by atoms with Crippen molar-refractivity contribution in [2.24, 2.45) is 0 Å². The third-order valence-electron chi connectivity index (χ3n) is 3.99. The number of aromatic nitrogens is 2. The predicted molar refractivity (Wildman–Crippen MR) is 87.1 cm³/mol. The lowest BCUT2D eigenvalue weighted by Gasteiger charge is -2.10. The van der Waals surface area contributed by atoms with E-state index in [0.717, 1.165) is 75.0 Å². The Labute approximate surface area is 136 Å². The van der Waals surface area contributed by atoms with E-state index in [-0.39, 0.29) is 0 Å². The second-order valence-electron chi connectivity index (χ2n) is 5.92. The van der Waals surface area contributed by atoms with Crippen molar-refractivity contribution in [3.63, 3.8) is 0 Å². The minimum Gasteiger partial charge on any atom is -0.460 e. The van der Waals surface area contributed by atoms with Crippen LogP contribution in [0, 0.1) is 6.92 Å². The summed E-state index contributed by atoms with van der Waals surface area (Å²) >= 11 is 0. The summed E-state index contributed by atoms with van der Waals surface area (Å²) in [6, 6.07) is 3.92. The average Bonchev–Trinajstić information content (AvgIpc) is 3.27. The quantitative estimate of drug-likeness (QED) is 0.695. The molecule has 6 nitrogen and oxygen atoms in total. The average molecular weight is 319 g/mol. The van der Waals surface area contributed by atoms with Crippen LogP contribution >= 0.6 is 0 Å². The van der Waals surface area contributed by atoms with Crippen LogP contribution in [0.5, 0.6) is 0 Å². The Morgan fingerprint density at radius 2 is 2.39 bits per heavy atom. The molecule has 1 aliphatic rings. The SMILES string of the molecule is Cc1ccc(-c2[nH]ncc2CNCCCOCC2CCCO2)o1. The van der Waals surface area contributed by atoms with Crippen LogP contribution < -0.4 is 5.32 Å². The van der Waals surface area contributed by atoms with Gasteiger partial charge in [0.15, 0.2) is 5.76 Å². The monoisotopic (exact) mass is 319 g/mol. The zero-order valence-electron chi connectivity index (χ0n) is 13.6. The topological polar surface area (TPSA) is 72.3 Å². The maximum Gasteiger partial charge on any atom is 0.152 e. The summed E-state index contributed by atoms with van der Waals surface area (Å²) < 4.78 is 16.8. The highest BCUT2D eigenvalue weighted by Gasteiger charge is 2.15. The number of furan rings is 1. The van der Waals surface area contributed by atoms with Crippen molar-refractivity contribution in [3.8, 4) is 11.5 Å². The van der Waals surface area contributed by atoms with Crippen LogP contribution in [0.25, 0.3) is 11.5 Å². The summed E-state index contributed by atoms with van der Waals surface area (Å²) in [5.74, 6) is 1.73. The third kappa shape index (κ3) is 4.67. The summed E-state index contributed by atoms with van der Waals surface area (Å²) in [6.07, 6.45) is 5.44. The van der Waals surface area contributed by atoms with Crippen LogP contribution in [0.4, 0.5) is 0 Å². The lowest BCUT2D eigenvalue weighted by atomic mass is 10.2. The molecule has 126 valence electrons. The number of aromatic amines is 1. The first-order valence-corrected chi connectivity index (χ1v) is 8.32. The molecule has 0 spiro atoms. The molecule has 1 atom stereocenters. The van der Waals surface area contributed by atoms with Gasteiger partial charge in [0.25, 0.3) is 0 Å². The van der Waals surface area contributed by atoms with Crippen LogP contribution in [0.15, 0.2) is 22.7 Å². The third-order valence-corrected chi connectivity index (χ3v) is 3.99. The maximum atomic E-state index is 5.65. The summed E-state index contributed by atoms with van der Waals surface area (Å²) in [7, 11) is 0. The van der Waals surface area contributed by atoms with Crippen molar-refractivity contribution in [1.29, 1.82) is 0 Å². The lowest BCUT2D eigenvalue weighted by Crippen LogP contribution is -2.19. The zero-order valence-corrected chi connectivity index (χ0v) is 13.6. The fraction of sp³-hybridized carbons (Fsp3) is 0.588. The van der Waals surface area contributed by atoms with Crippen molar-refractivity contribution < 1.29 is 13.9 Å². The van der Waals surface area contributed by atoms with E-state index < -0.39 is 0 Å². The van der Waals surface area contributed by atoms with Crippen LogP contribution in [0.1, 0.15) is 30.6 Å². The molecule has 23 heavy (non-hydrogen) atoms. The van der Waals surface area contributed by atoms with Crippen LogP contribution in [-0.4, -0.2) is 42.7 Å². The van der Waals surface area contributed by atoms with E-state index in [1.807, 2.05) is 25.3 Å². The Morgan fingerprint density at radius 1 is 1.43 bits per heavy atom. The van der Waals surface area contributed by atoms with E-state index in [1.54, 1.807) is 0 Å². The standard InChI is InChI=1S/C17H25N3O3/c1-13-5-6-16(23-13)17-14(11-19-20-17)10-18-7-3-8-21-12-15-4-2-9-22-15/h5-6,11,15,18H,2-4,7-10,12H2,1H3,(H,19,20). The smallest absolute Gasteiger partial charge is 0.152 e. The number of aryl methyl sites for hydroxylation is 1. The van der Waals surface area contributed by atoms with Crippen molar-refractivity contribution >= 4 is 0 Å². The number of nitrogens with zero attached hydrogens (tertiary/aromatic N) is 1. The van der Waals surface area contributed by atoms with Gasteiger partial charge in [0.2, 0.25) is 0 Å². The molecule has 3 rings (SSSR count). The number of hydrogen-bond donors (Lipinski definition) is 2. The molecule has 1 fully saturated rings. The number of H-pyrrole nitrogens is 1. The lowest BCUT2D eigenvalue weighted by molar-refractivity contribution is 0.0166. The molecule has 1 saturated heterocycles. The fourth-order valence-corrected chi connectivity index (χ4v) is 2.74. The minimum absolute atomic E-state index is 0.313. The molecule has 2 aromatic rings.